The highest BCUT2D eigenvalue weighted by atomic mass is 32.2. The number of hydrogen-bond acceptors (Lipinski definition) is 2. The summed E-state index contributed by atoms with van der Waals surface area (Å²) in [5, 5.41) is 3.06. The maximum absolute atomic E-state index is 12.3. The van der Waals surface area contributed by atoms with E-state index in [9.17, 15) is 4.79 Å². The summed E-state index contributed by atoms with van der Waals surface area (Å²) in [4.78, 5) is 12.3. The molecule has 1 atom stereocenters. The lowest BCUT2D eigenvalue weighted by molar-refractivity contribution is -0.116. The maximum Gasteiger partial charge on any atom is 0.244 e. The Kier molecular flexibility index (Phi) is 14.2. The van der Waals surface area contributed by atoms with Crippen LogP contribution in [-0.2, 0) is 4.79 Å². The number of benzene rings is 1. The Hall–Kier alpha value is -2.26. The van der Waals surface area contributed by atoms with Crippen molar-refractivity contribution >= 4 is 23.2 Å². The van der Waals surface area contributed by atoms with Gasteiger partial charge in [0.2, 0.25) is 5.91 Å². The van der Waals surface area contributed by atoms with Gasteiger partial charge in [-0.25, -0.2) is 0 Å². The molecule has 0 aliphatic rings. The zero-order valence-corrected chi connectivity index (χ0v) is 21.4. The zero-order valence-electron chi connectivity index (χ0n) is 20.6. The highest BCUT2D eigenvalue weighted by Gasteiger charge is 2.06. The largest absolute Gasteiger partial charge is 0.349 e. The number of allylic oxidation sites excluding steroid dienone is 7. The van der Waals surface area contributed by atoms with Gasteiger partial charge in [0.1, 0.15) is 0 Å². The minimum Gasteiger partial charge on any atom is -0.349 e. The molecule has 1 aromatic rings. The topological polar surface area (TPSA) is 29.1 Å². The normalized spacial score (nSPS) is 13.5. The Morgan fingerprint density at radius 2 is 1.62 bits per heavy atom. The predicted molar refractivity (Wildman–Crippen MR) is 145 cm³/mol. The van der Waals surface area contributed by atoms with Gasteiger partial charge in [-0.05, 0) is 71.4 Å². The van der Waals surface area contributed by atoms with Crippen LogP contribution in [-0.4, -0.2) is 23.5 Å². The van der Waals surface area contributed by atoms with Gasteiger partial charge in [-0.2, -0.15) is 11.8 Å². The van der Waals surface area contributed by atoms with Crippen molar-refractivity contribution < 1.29 is 4.79 Å². The van der Waals surface area contributed by atoms with E-state index in [-0.39, 0.29) is 11.9 Å². The number of nitrogens with one attached hydrogen (secondary N) is 1. The number of hydrogen-bond donors (Lipinski definition) is 1. The van der Waals surface area contributed by atoms with Crippen molar-refractivity contribution in [2.75, 3.05) is 11.5 Å². The van der Waals surface area contributed by atoms with Crippen LogP contribution in [0.3, 0.4) is 0 Å². The molecule has 174 valence electrons. The Bertz CT molecular complexity index is 826. The second-order valence-electron chi connectivity index (χ2n) is 8.58. The smallest absolute Gasteiger partial charge is 0.244 e. The molecule has 1 aromatic carbocycles. The minimum absolute atomic E-state index is 0.0738. The predicted octanol–water partition coefficient (Wildman–Crippen LogP) is 7.91. The first kappa shape index (κ1) is 27.8. The van der Waals surface area contributed by atoms with Crippen LogP contribution < -0.4 is 5.32 Å². The third-order valence-electron chi connectivity index (χ3n) is 5.04. The number of thioether (sulfide) groups is 1. The lowest BCUT2D eigenvalue weighted by Gasteiger charge is -2.12. The second kappa shape index (κ2) is 16.4. The number of rotatable bonds is 14. The molecule has 3 heteroatoms. The van der Waals surface area contributed by atoms with Gasteiger partial charge in [0.05, 0.1) is 0 Å². The second-order valence-corrected chi connectivity index (χ2v) is 9.65. The molecular formula is C29H41NOS. The summed E-state index contributed by atoms with van der Waals surface area (Å²) in [5.74, 6) is 1.80. The first-order valence-corrected chi connectivity index (χ1v) is 12.7. The van der Waals surface area contributed by atoms with Crippen LogP contribution in [0, 0.1) is 0 Å². The summed E-state index contributed by atoms with van der Waals surface area (Å²) >= 11 is 1.85. The van der Waals surface area contributed by atoms with Crippen LogP contribution >= 0.6 is 11.8 Å². The minimum atomic E-state index is -0.0738. The monoisotopic (exact) mass is 451 g/mol. The number of amides is 1. The third-order valence-corrected chi connectivity index (χ3v) is 6.18. The van der Waals surface area contributed by atoms with E-state index in [0.717, 1.165) is 48.3 Å². The fourth-order valence-electron chi connectivity index (χ4n) is 3.14. The van der Waals surface area contributed by atoms with E-state index >= 15 is 0 Å². The lowest BCUT2D eigenvalue weighted by Crippen LogP contribution is -2.33. The van der Waals surface area contributed by atoms with Crippen LogP contribution in [0.1, 0.15) is 65.9 Å². The fourth-order valence-corrected chi connectivity index (χ4v) is 4.12. The molecule has 0 spiro atoms. The quantitative estimate of drug-likeness (QED) is 0.135. The standard InChI is InChI=1S/C29H41NOS/c1-7-27(28-17-9-8-10-18-28)21-29(31)30-26(6)22-32-20-19-25(5)16-12-15-24(4)14-11-13-23(2)3/h7-10,13,15,17-19,21,26H,1,11-12,14,16,20,22H2,2-6H3,(H,30,31)/b24-15+,25-19+,27-21+. The van der Waals surface area contributed by atoms with Crippen LogP contribution in [0.15, 0.2) is 84.0 Å². The van der Waals surface area contributed by atoms with Crippen molar-refractivity contribution in [2.45, 2.75) is 66.3 Å². The Morgan fingerprint density at radius 1 is 1.00 bits per heavy atom. The molecule has 0 aromatic heterocycles. The van der Waals surface area contributed by atoms with Crippen molar-refractivity contribution in [3.63, 3.8) is 0 Å². The molecular weight excluding hydrogens is 410 g/mol. The third kappa shape index (κ3) is 13.2. The van der Waals surface area contributed by atoms with Crippen molar-refractivity contribution in [3.05, 3.63) is 89.6 Å². The highest BCUT2D eigenvalue weighted by Crippen LogP contribution is 2.15. The fraction of sp³-hybridized carbons (Fsp3) is 0.414. The molecule has 1 N–H and O–H groups in total. The summed E-state index contributed by atoms with van der Waals surface area (Å²) in [7, 11) is 0. The molecule has 32 heavy (non-hydrogen) atoms. The van der Waals surface area contributed by atoms with Gasteiger partial charge in [-0.15, -0.1) is 0 Å². The average Bonchev–Trinajstić information content (AvgIpc) is 2.75. The number of carbonyl (C=O) groups is 1. The summed E-state index contributed by atoms with van der Waals surface area (Å²) < 4.78 is 0. The molecule has 0 aliphatic heterocycles. The first-order chi connectivity index (χ1) is 15.3. The molecule has 0 aliphatic carbocycles. The van der Waals surface area contributed by atoms with Crippen LogP contribution in [0.4, 0.5) is 0 Å². The van der Waals surface area contributed by atoms with Crippen LogP contribution in [0.2, 0.25) is 0 Å². The Morgan fingerprint density at radius 3 is 2.25 bits per heavy atom. The van der Waals surface area contributed by atoms with Gasteiger partial charge >= 0.3 is 0 Å². The van der Waals surface area contributed by atoms with Gasteiger partial charge in [0.15, 0.2) is 0 Å². The summed E-state index contributed by atoms with van der Waals surface area (Å²) in [6.45, 7) is 14.6. The Labute approximate surface area is 200 Å². The van der Waals surface area contributed by atoms with Gasteiger partial charge in [-0.3, -0.25) is 4.79 Å². The molecule has 0 fully saturated rings. The summed E-state index contributed by atoms with van der Waals surface area (Å²) in [6.07, 6.45) is 14.9. The summed E-state index contributed by atoms with van der Waals surface area (Å²) in [6, 6.07) is 9.97. The summed E-state index contributed by atoms with van der Waals surface area (Å²) in [5.41, 5.74) is 6.15. The molecule has 0 saturated carbocycles. The van der Waals surface area contributed by atoms with Crippen LogP contribution in [0.5, 0.6) is 0 Å². The van der Waals surface area contributed by atoms with Crippen molar-refractivity contribution in [1.82, 2.24) is 5.32 Å². The first-order valence-electron chi connectivity index (χ1n) is 11.5. The molecule has 1 amide bonds. The lowest BCUT2D eigenvalue weighted by atomic mass is 10.1. The van der Waals surface area contributed by atoms with E-state index < -0.39 is 0 Å². The molecule has 1 unspecified atom stereocenters. The maximum atomic E-state index is 12.3. The van der Waals surface area contributed by atoms with Crippen molar-refractivity contribution in [2.24, 2.45) is 0 Å². The van der Waals surface area contributed by atoms with Gasteiger partial charge in [0, 0.05) is 23.6 Å². The molecule has 0 saturated heterocycles. The molecule has 2 nitrogen and oxygen atoms in total. The Balaban J connectivity index is 2.31. The van der Waals surface area contributed by atoms with E-state index in [4.69, 9.17) is 0 Å². The zero-order chi connectivity index (χ0) is 23.8. The highest BCUT2D eigenvalue weighted by molar-refractivity contribution is 7.99. The number of carbonyl (C=O) groups excluding carboxylic acids is 1. The van der Waals surface area contributed by atoms with E-state index in [1.807, 2.05) is 49.0 Å². The van der Waals surface area contributed by atoms with Crippen molar-refractivity contribution in [1.29, 1.82) is 0 Å². The van der Waals surface area contributed by atoms with E-state index in [2.05, 4.69) is 57.8 Å². The average molecular weight is 452 g/mol. The van der Waals surface area contributed by atoms with Gasteiger partial charge < -0.3 is 5.32 Å². The van der Waals surface area contributed by atoms with Crippen LogP contribution in [0.25, 0.3) is 5.57 Å². The molecule has 0 radical (unpaired) electrons. The molecule has 0 heterocycles. The molecule has 0 bridgehead atoms. The van der Waals surface area contributed by atoms with Gasteiger partial charge in [-0.1, -0.05) is 77.9 Å². The molecule has 1 rings (SSSR count). The van der Waals surface area contributed by atoms with E-state index in [1.54, 1.807) is 12.2 Å². The van der Waals surface area contributed by atoms with Gasteiger partial charge in [0.25, 0.3) is 0 Å². The SMILES string of the molecule is C=C/C(=C\C(=O)NC(C)CSC/C=C(\C)CC/C=C(\C)CCC=C(C)C)c1ccccc1. The van der Waals surface area contributed by atoms with E-state index in [1.165, 1.54) is 16.7 Å². The van der Waals surface area contributed by atoms with Crippen molar-refractivity contribution in [3.8, 4) is 0 Å². The van der Waals surface area contributed by atoms with E-state index in [0.29, 0.717) is 0 Å².